The van der Waals surface area contributed by atoms with E-state index in [4.69, 9.17) is 0 Å². The highest BCUT2D eigenvalue weighted by Crippen LogP contribution is 2.28. The molecular weight excluding hydrogens is 408 g/mol. The minimum absolute atomic E-state index is 0.399. The highest BCUT2D eigenvalue weighted by molar-refractivity contribution is 7.89. The third kappa shape index (κ3) is 3.91. The first kappa shape index (κ1) is 20.0. The number of hydrogen-bond donors (Lipinski definition) is 1. The van der Waals surface area contributed by atoms with Crippen LogP contribution in [-0.4, -0.2) is 40.6 Å². The predicted octanol–water partition coefficient (Wildman–Crippen LogP) is 4.44. The maximum Gasteiger partial charge on any atom is 0.243 e. The molecule has 2 aromatic carbocycles. The van der Waals surface area contributed by atoms with E-state index in [0.29, 0.717) is 23.9 Å². The van der Waals surface area contributed by atoms with Crippen LogP contribution in [0.15, 0.2) is 72.0 Å². The van der Waals surface area contributed by atoms with Crippen LogP contribution in [0.5, 0.6) is 0 Å². The lowest BCUT2D eigenvalue weighted by Crippen LogP contribution is -2.39. The lowest BCUT2D eigenvalue weighted by atomic mass is 9.98. The number of hydrogen-bond acceptors (Lipinski definition) is 3. The summed E-state index contributed by atoms with van der Waals surface area (Å²) >= 11 is 0. The zero-order chi connectivity index (χ0) is 21.4. The Bertz CT molecular complexity index is 1300. The first-order valence-corrected chi connectivity index (χ1v) is 12.1. The van der Waals surface area contributed by atoms with Gasteiger partial charge in [-0.1, -0.05) is 18.2 Å². The Hall–Kier alpha value is -2.90. The monoisotopic (exact) mass is 434 g/mol. The van der Waals surface area contributed by atoms with Gasteiger partial charge in [-0.15, -0.1) is 0 Å². The van der Waals surface area contributed by atoms with Crippen molar-refractivity contribution in [3.05, 3.63) is 72.7 Å². The van der Waals surface area contributed by atoms with E-state index in [2.05, 4.69) is 45.2 Å². The van der Waals surface area contributed by atoms with Crippen molar-refractivity contribution >= 4 is 20.9 Å². The lowest BCUT2D eigenvalue weighted by molar-refractivity contribution is 0.254. The van der Waals surface area contributed by atoms with Crippen molar-refractivity contribution in [3.8, 4) is 11.1 Å². The Morgan fingerprint density at radius 1 is 1.06 bits per heavy atom. The molecule has 1 fully saturated rings. The molecule has 160 valence electrons. The third-order valence-corrected chi connectivity index (χ3v) is 8.15. The summed E-state index contributed by atoms with van der Waals surface area (Å²) in [6.07, 6.45) is 7.61. The molecule has 0 saturated carbocycles. The first-order valence-electron chi connectivity index (χ1n) is 10.7. The minimum Gasteiger partial charge on any atom is -0.347 e. The van der Waals surface area contributed by atoms with Gasteiger partial charge in [0, 0.05) is 48.5 Å². The molecule has 3 heterocycles. The third-order valence-electron chi connectivity index (χ3n) is 6.26. The molecule has 1 aliphatic heterocycles. The summed E-state index contributed by atoms with van der Waals surface area (Å²) in [5.41, 5.74) is 4.40. The molecule has 0 bridgehead atoms. The topological polar surface area (TPSA) is 71.0 Å². The van der Waals surface area contributed by atoms with Crippen LogP contribution in [-0.2, 0) is 16.6 Å². The Balaban J connectivity index is 1.27. The number of fused-ring (bicyclic) bond motifs is 1. The van der Waals surface area contributed by atoms with Gasteiger partial charge in [-0.05, 0) is 67.1 Å². The second kappa shape index (κ2) is 7.98. The van der Waals surface area contributed by atoms with Crippen LogP contribution in [0.3, 0.4) is 0 Å². The van der Waals surface area contributed by atoms with Crippen molar-refractivity contribution in [2.24, 2.45) is 5.92 Å². The second-order valence-corrected chi connectivity index (χ2v) is 10.3. The van der Waals surface area contributed by atoms with E-state index in [9.17, 15) is 8.42 Å². The molecule has 2 aromatic heterocycles. The molecule has 1 saturated heterocycles. The number of aromatic nitrogens is 3. The molecule has 0 unspecified atom stereocenters. The van der Waals surface area contributed by atoms with E-state index in [0.717, 1.165) is 36.1 Å². The Morgan fingerprint density at radius 3 is 2.65 bits per heavy atom. The quantitative estimate of drug-likeness (QED) is 0.505. The molecule has 0 spiro atoms. The van der Waals surface area contributed by atoms with Crippen LogP contribution in [0.2, 0.25) is 0 Å². The smallest absolute Gasteiger partial charge is 0.243 e. The molecular formula is C24H26N4O2S. The van der Waals surface area contributed by atoms with Gasteiger partial charge in [-0.3, -0.25) is 5.10 Å². The van der Waals surface area contributed by atoms with E-state index in [-0.39, 0.29) is 0 Å². The fourth-order valence-electron chi connectivity index (χ4n) is 4.48. The Morgan fingerprint density at radius 2 is 1.90 bits per heavy atom. The number of sulfonamides is 1. The van der Waals surface area contributed by atoms with E-state index in [1.165, 1.54) is 10.9 Å². The molecule has 0 atom stereocenters. The number of benzene rings is 2. The number of aromatic amines is 1. The standard InChI is InChI=1S/C24H26N4O2S/c1-18-3-2-4-23(13-18)31(29,30)28-11-7-19(8-12-28)17-27-10-9-21-14-20(5-6-24(21)27)22-15-25-26-16-22/h2-6,9-10,13-16,19H,7-8,11-12,17H2,1H3,(H,25,26). The number of nitrogens with zero attached hydrogens (tertiary/aromatic N) is 3. The fourth-order valence-corrected chi connectivity index (χ4v) is 6.06. The van der Waals surface area contributed by atoms with Crippen molar-refractivity contribution in [2.75, 3.05) is 13.1 Å². The van der Waals surface area contributed by atoms with Crippen LogP contribution < -0.4 is 0 Å². The zero-order valence-corrected chi connectivity index (χ0v) is 18.3. The molecule has 1 N–H and O–H groups in total. The SMILES string of the molecule is Cc1cccc(S(=O)(=O)N2CCC(Cn3ccc4cc(-c5cn[nH]c5)ccc43)CC2)c1. The Labute approximate surface area is 182 Å². The van der Waals surface area contributed by atoms with Gasteiger partial charge < -0.3 is 4.57 Å². The van der Waals surface area contributed by atoms with Crippen molar-refractivity contribution in [3.63, 3.8) is 0 Å². The van der Waals surface area contributed by atoms with Gasteiger partial charge in [0.2, 0.25) is 10.0 Å². The molecule has 7 heteroatoms. The number of piperidine rings is 1. The van der Waals surface area contributed by atoms with Gasteiger partial charge in [0.15, 0.2) is 0 Å². The summed E-state index contributed by atoms with van der Waals surface area (Å²) in [5.74, 6) is 0.466. The molecule has 6 nitrogen and oxygen atoms in total. The largest absolute Gasteiger partial charge is 0.347 e. The van der Waals surface area contributed by atoms with Gasteiger partial charge in [-0.2, -0.15) is 9.40 Å². The highest BCUT2D eigenvalue weighted by Gasteiger charge is 2.29. The zero-order valence-electron chi connectivity index (χ0n) is 17.5. The van der Waals surface area contributed by atoms with Gasteiger partial charge in [0.05, 0.1) is 11.1 Å². The van der Waals surface area contributed by atoms with Gasteiger partial charge >= 0.3 is 0 Å². The van der Waals surface area contributed by atoms with E-state index in [1.807, 2.05) is 31.5 Å². The van der Waals surface area contributed by atoms with E-state index >= 15 is 0 Å². The summed E-state index contributed by atoms with van der Waals surface area (Å²) in [5, 5.41) is 8.10. The van der Waals surface area contributed by atoms with Crippen LogP contribution >= 0.6 is 0 Å². The van der Waals surface area contributed by atoms with Crippen molar-refractivity contribution < 1.29 is 8.42 Å². The number of nitrogens with one attached hydrogen (secondary N) is 1. The molecule has 0 aliphatic carbocycles. The first-order chi connectivity index (χ1) is 15.0. The molecule has 0 amide bonds. The minimum atomic E-state index is -3.41. The normalized spacial score (nSPS) is 16.2. The summed E-state index contributed by atoms with van der Waals surface area (Å²) in [4.78, 5) is 0.399. The predicted molar refractivity (Wildman–Crippen MR) is 122 cm³/mol. The van der Waals surface area contributed by atoms with Crippen LogP contribution in [0.4, 0.5) is 0 Å². The van der Waals surface area contributed by atoms with Crippen LogP contribution in [0.1, 0.15) is 18.4 Å². The molecule has 5 rings (SSSR count). The molecule has 31 heavy (non-hydrogen) atoms. The fraction of sp³-hybridized carbons (Fsp3) is 0.292. The van der Waals surface area contributed by atoms with Crippen molar-refractivity contribution in [1.82, 2.24) is 19.1 Å². The Kier molecular flexibility index (Phi) is 5.16. The lowest BCUT2D eigenvalue weighted by Gasteiger charge is -2.31. The van der Waals surface area contributed by atoms with Gasteiger partial charge in [0.25, 0.3) is 0 Å². The highest BCUT2D eigenvalue weighted by atomic mass is 32.2. The van der Waals surface area contributed by atoms with Crippen LogP contribution in [0.25, 0.3) is 22.0 Å². The average Bonchev–Trinajstić information content (AvgIpc) is 3.44. The van der Waals surface area contributed by atoms with Crippen molar-refractivity contribution in [2.45, 2.75) is 31.2 Å². The van der Waals surface area contributed by atoms with Gasteiger partial charge in [-0.25, -0.2) is 8.42 Å². The molecule has 0 radical (unpaired) electrons. The maximum absolute atomic E-state index is 13.0. The summed E-state index contributed by atoms with van der Waals surface area (Å²) in [7, 11) is -3.41. The second-order valence-electron chi connectivity index (χ2n) is 8.39. The number of rotatable bonds is 5. The number of aryl methyl sites for hydroxylation is 1. The van der Waals surface area contributed by atoms with Crippen LogP contribution in [0, 0.1) is 12.8 Å². The van der Waals surface area contributed by atoms with Gasteiger partial charge in [0.1, 0.15) is 0 Å². The molecule has 4 aromatic rings. The summed E-state index contributed by atoms with van der Waals surface area (Å²) < 4.78 is 29.9. The van der Waals surface area contributed by atoms with E-state index in [1.54, 1.807) is 16.4 Å². The summed E-state index contributed by atoms with van der Waals surface area (Å²) in [6, 6.07) is 15.8. The maximum atomic E-state index is 13.0. The average molecular weight is 435 g/mol. The van der Waals surface area contributed by atoms with E-state index < -0.39 is 10.0 Å². The molecule has 1 aliphatic rings. The number of H-pyrrole nitrogens is 1. The summed E-state index contributed by atoms with van der Waals surface area (Å²) in [6.45, 7) is 3.98. The van der Waals surface area contributed by atoms with Crippen molar-refractivity contribution in [1.29, 1.82) is 0 Å².